The van der Waals surface area contributed by atoms with Crippen molar-refractivity contribution in [2.45, 2.75) is 116 Å². The molecular weight excluding hydrogens is 514 g/mol. The number of aliphatic hydroxyl groups is 2. The fourth-order valence-corrected chi connectivity index (χ4v) is 13.8. The highest BCUT2D eigenvalue weighted by Crippen LogP contribution is 2.89. The van der Waals surface area contributed by atoms with Gasteiger partial charge in [-0.1, -0.05) is 34.6 Å². The van der Waals surface area contributed by atoms with E-state index in [1.165, 1.54) is 19.1 Å². The summed E-state index contributed by atoms with van der Waals surface area (Å²) in [5.74, 6) is 1.68. The first kappa shape index (κ1) is 27.6. The largest absolute Gasteiger partial charge is 0.393 e. The van der Waals surface area contributed by atoms with Crippen LogP contribution in [-0.4, -0.2) is 79.4 Å². The number of ether oxygens (including phenoxy) is 2. The number of aliphatic hydroxyl groups excluding tert-OH is 2. The zero-order valence-corrected chi connectivity index (χ0v) is 25.7. The van der Waals surface area contributed by atoms with Crippen LogP contribution in [0.2, 0.25) is 0 Å². The number of nitrogens with zero attached hydrogens (tertiary/aromatic N) is 1. The van der Waals surface area contributed by atoms with Crippen LogP contribution in [-0.2, 0) is 19.5 Å². The summed E-state index contributed by atoms with van der Waals surface area (Å²) in [5.41, 5.74) is 0.341. The zero-order chi connectivity index (χ0) is 28.0. The maximum absolute atomic E-state index is 12.6. The normalized spacial score (nSPS) is 56.0. The quantitative estimate of drug-likeness (QED) is 0.538. The molecule has 2 aliphatic heterocycles. The van der Waals surface area contributed by atoms with Crippen LogP contribution in [0.5, 0.6) is 0 Å². The first-order valence-corrected chi connectivity index (χ1v) is 17.5. The molecule has 0 radical (unpaired) electrons. The Bertz CT molecular complexity index is 1140. The summed E-state index contributed by atoms with van der Waals surface area (Å²) in [7, 11) is -3.37. The van der Waals surface area contributed by atoms with Gasteiger partial charge in [0.25, 0.3) is 0 Å². The number of fused-ring (bicyclic) bond motifs is 4. The van der Waals surface area contributed by atoms with Crippen molar-refractivity contribution in [2.24, 2.45) is 50.7 Å². The molecule has 2 N–H and O–H groups in total. The van der Waals surface area contributed by atoms with E-state index in [2.05, 4.69) is 34.6 Å². The van der Waals surface area contributed by atoms with Crippen LogP contribution in [0.25, 0.3) is 0 Å². The van der Waals surface area contributed by atoms with E-state index in [0.29, 0.717) is 42.9 Å². The molecule has 5 saturated carbocycles. The third-order valence-electron chi connectivity index (χ3n) is 14.7. The van der Waals surface area contributed by atoms with Crippen molar-refractivity contribution in [3.63, 3.8) is 0 Å². The predicted molar refractivity (Wildman–Crippen MR) is 148 cm³/mol. The summed E-state index contributed by atoms with van der Waals surface area (Å²) in [6.07, 6.45) is 8.85. The molecule has 0 aromatic heterocycles. The molecule has 7 rings (SSSR count). The molecule has 39 heavy (non-hydrogen) atoms. The third-order valence-corrected chi connectivity index (χ3v) is 16.0. The second-order valence-corrected chi connectivity index (χ2v) is 18.1. The first-order valence-electron chi connectivity index (χ1n) is 15.7. The highest BCUT2D eigenvalue weighted by molar-refractivity contribution is 7.88. The molecule has 7 nitrogen and oxygen atoms in total. The van der Waals surface area contributed by atoms with Crippen LogP contribution in [0, 0.1) is 50.7 Å². The molecule has 7 aliphatic rings. The van der Waals surface area contributed by atoms with Crippen molar-refractivity contribution in [1.82, 2.24) is 4.31 Å². The van der Waals surface area contributed by atoms with Crippen LogP contribution in [0.15, 0.2) is 0 Å². The van der Waals surface area contributed by atoms with Gasteiger partial charge in [0.2, 0.25) is 10.0 Å². The van der Waals surface area contributed by atoms with Crippen LogP contribution in [0.4, 0.5) is 0 Å². The second kappa shape index (κ2) is 8.22. The standard InChI is InChI=1S/C31H51NO6S/c1-18-13-20(14-32(39(6,35)36)19-15-37-16-19)38-25-24(18)28(4)11-12-31-17-30(31)10-9-23(33)27(2,3)21(30)7-8-22(31)29(28,5)26(25)34/h18-26,33-34H,7-17H2,1-6H3/t18-,20?,21+,22?,23+,24+,25?,26+,28-,29-,30-,31+/m1/s1. The minimum atomic E-state index is -3.37. The smallest absolute Gasteiger partial charge is 0.211 e. The van der Waals surface area contributed by atoms with Gasteiger partial charge in [0.05, 0.1) is 49.9 Å². The van der Waals surface area contributed by atoms with Gasteiger partial charge in [-0.05, 0) is 96.7 Å². The predicted octanol–water partition coefficient (Wildman–Crippen LogP) is 3.82. The van der Waals surface area contributed by atoms with Gasteiger partial charge in [0, 0.05) is 12.0 Å². The second-order valence-electron chi connectivity index (χ2n) is 16.2. The summed E-state index contributed by atoms with van der Waals surface area (Å²) in [5, 5.41) is 23.3. The Kier molecular flexibility index (Phi) is 5.81. The van der Waals surface area contributed by atoms with Gasteiger partial charge in [-0.3, -0.25) is 0 Å². The van der Waals surface area contributed by atoms with Gasteiger partial charge < -0.3 is 19.7 Å². The van der Waals surface area contributed by atoms with Crippen molar-refractivity contribution in [1.29, 1.82) is 0 Å². The molecule has 2 heterocycles. The Balaban J connectivity index is 1.19. The molecule has 0 aromatic carbocycles. The molecule has 0 bridgehead atoms. The Morgan fingerprint density at radius 2 is 1.62 bits per heavy atom. The minimum Gasteiger partial charge on any atom is -0.393 e. The van der Waals surface area contributed by atoms with E-state index in [9.17, 15) is 18.6 Å². The lowest BCUT2D eigenvalue weighted by Gasteiger charge is -2.63. The third kappa shape index (κ3) is 3.25. The number of hydrogen-bond donors (Lipinski definition) is 2. The summed E-state index contributed by atoms with van der Waals surface area (Å²) < 4.78 is 39.0. The molecule has 3 unspecified atom stereocenters. The lowest BCUT2D eigenvalue weighted by Crippen LogP contribution is -2.59. The van der Waals surface area contributed by atoms with Gasteiger partial charge in [-0.15, -0.1) is 0 Å². The van der Waals surface area contributed by atoms with E-state index < -0.39 is 16.1 Å². The maximum atomic E-state index is 12.6. The Morgan fingerprint density at radius 1 is 0.949 bits per heavy atom. The zero-order valence-electron chi connectivity index (χ0n) is 24.9. The molecule has 5 aliphatic carbocycles. The van der Waals surface area contributed by atoms with Crippen LogP contribution < -0.4 is 0 Å². The maximum Gasteiger partial charge on any atom is 0.211 e. The van der Waals surface area contributed by atoms with Gasteiger partial charge >= 0.3 is 0 Å². The van der Waals surface area contributed by atoms with Gasteiger partial charge in [-0.25, -0.2) is 8.42 Å². The number of rotatable bonds is 4. The van der Waals surface area contributed by atoms with E-state index in [1.807, 2.05) is 0 Å². The number of sulfonamides is 1. The molecule has 7 fully saturated rings. The molecule has 12 atom stereocenters. The van der Waals surface area contributed by atoms with Crippen molar-refractivity contribution in [2.75, 3.05) is 26.0 Å². The van der Waals surface area contributed by atoms with Gasteiger partial charge in [0.1, 0.15) is 0 Å². The lowest BCUT2D eigenvalue weighted by atomic mass is 9.41. The topological polar surface area (TPSA) is 96.3 Å². The highest BCUT2D eigenvalue weighted by Gasteiger charge is 2.84. The summed E-state index contributed by atoms with van der Waals surface area (Å²) in [6.45, 7) is 13.0. The molecular formula is C31H51NO6S. The van der Waals surface area contributed by atoms with E-state index in [4.69, 9.17) is 9.47 Å². The van der Waals surface area contributed by atoms with Crippen LogP contribution in [0.1, 0.15) is 86.0 Å². The fourth-order valence-electron chi connectivity index (χ4n) is 12.7. The average molecular weight is 566 g/mol. The first-order chi connectivity index (χ1) is 18.1. The van der Waals surface area contributed by atoms with Crippen molar-refractivity contribution in [3.8, 4) is 0 Å². The van der Waals surface area contributed by atoms with Crippen molar-refractivity contribution in [3.05, 3.63) is 0 Å². The Labute approximate surface area is 235 Å². The highest BCUT2D eigenvalue weighted by atomic mass is 32.2. The molecule has 2 saturated heterocycles. The van der Waals surface area contributed by atoms with Crippen LogP contribution in [0.3, 0.4) is 0 Å². The van der Waals surface area contributed by atoms with Gasteiger partial charge in [-0.2, -0.15) is 4.31 Å². The van der Waals surface area contributed by atoms with E-state index >= 15 is 0 Å². The van der Waals surface area contributed by atoms with E-state index in [1.54, 1.807) is 4.31 Å². The fraction of sp³-hybridized carbons (Fsp3) is 1.00. The summed E-state index contributed by atoms with van der Waals surface area (Å²) in [6, 6.07) is -0.109. The van der Waals surface area contributed by atoms with E-state index in [-0.39, 0.29) is 51.9 Å². The summed E-state index contributed by atoms with van der Waals surface area (Å²) in [4.78, 5) is 0. The lowest BCUT2D eigenvalue weighted by molar-refractivity contribution is -0.182. The monoisotopic (exact) mass is 565 g/mol. The van der Waals surface area contributed by atoms with Crippen LogP contribution >= 0.6 is 0 Å². The Morgan fingerprint density at radius 3 is 2.26 bits per heavy atom. The molecule has 0 aromatic rings. The SMILES string of the molecule is C[C@@H]1CC(CN(C2COC2)S(C)(=O)=O)OC2[C@H]1[C@@]1(C)CC[C@@]34C[C@@]35CC[C@H](O)C(C)(C)[C@@H]5CCC4[C@]1(C)[C@H]2O. The number of hydrogen-bond acceptors (Lipinski definition) is 6. The summed E-state index contributed by atoms with van der Waals surface area (Å²) >= 11 is 0. The van der Waals surface area contributed by atoms with Gasteiger partial charge in [0.15, 0.2) is 0 Å². The minimum absolute atomic E-state index is 0.00393. The molecule has 2 spiro atoms. The van der Waals surface area contributed by atoms with Crippen molar-refractivity contribution >= 4 is 10.0 Å². The molecule has 8 heteroatoms. The Hall–Kier alpha value is -0.250. The van der Waals surface area contributed by atoms with E-state index in [0.717, 1.165) is 38.5 Å². The van der Waals surface area contributed by atoms with Crippen molar-refractivity contribution < 1.29 is 28.1 Å². The molecule has 222 valence electrons. The molecule has 0 amide bonds. The average Bonchev–Trinajstić information content (AvgIpc) is 3.45.